The van der Waals surface area contributed by atoms with Crippen molar-refractivity contribution in [3.63, 3.8) is 0 Å². The monoisotopic (exact) mass is 245 g/mol. The number of aromatic nitrogens is 5. The van der Waals surface area contributed by atoms with Crippen molar-refractivity contribution < 1.29 is 9.13 Å². The normalized spacial score (nSPS) is 10.7. The van der Waals surface area contributed by atoms with Crippen molar-refractivity contribution >= 4 is 5.78 Å². The van der Waals surface area contributed by atoms with Crippen LogP contribution in [0.15, 0.2) is 36.9 Å². The molecule has 0 aromatic carbocycles. The third kappa shape index (κ3) is 2.10. The standard InChI is InChI=1S/C11H8FN5O/c12-8-1-2-10(14-5-8)18-7-9-6-15-11-13-3-4-17(11)16-9/h1-6H,7H2. The first kappa shape index (κ1) is 10.6. The van der Waals surface area contributed by atoms with E-state index in [9.17, 15) is 4.39 Å². The number of ether oxygens (including phenoxy) is 1. The maximum absolute atomic E-state index is 12.6. The highest BCUT2D eigenvalue weighted by atomic mass is 19.1. The lowest BCUT2D eigenvalue weighted by Gasteiger charge is -2.04. The molecule has 0 fully saturated rings. The summed E-state index contributed by atoms with van der Waals surface area (Å²) >= 11 is 0. The van der Waals surface area contributed by atoms with Crippen molar-refractivity contribution in [1.82, 2.24) is 24.6 Å². The number of nitrogens with zero attached hydrogens (tertiary/aromatic N) is 5. The van der Waals surface area contributed by atoms with Gasteiger partial charge in [-0.25, -0.2) is 23.9 Å². The van der Waals surface area contributed by atoms with Gasteiger partial charge in [-0.1, -0.05) is 0 Å². The van der Waals surface area contributed by atoms with Crippen LogP contribution in [0.2, 0.25) is 0 Å². The highest BCUT2D eigenvalue weighted by Gasteiger charge is 2.02. The zero-order chi connectivity index (χ0) is 12.4. The summed E-state index contributed by atoms with van der Waals surface area (Å²) in [5.41, 5.74) is 0.631. The molecule has 18 heavy (non-hydrogen) atoms. The Balaban J connectivity index is 1.74. The second-order valence-electron chi connectivity index (χ2n) is 3.52. The van der Waals surface area contributed by atoms with Gasteiger partial charge in [-0.3, -0.25) is 0 Å². The Morgan fingerprint density at radius 2 is 2.11 bits per heavy atom. The summed E-state index contributed by atoms with van der Waals surface area (Å²) in [4.78, 5) is 11.9. The smallest absolute Gasteiger partial charge is 0.250 e. The maximum atomic E-state index is 12.6. The number of hydrogen-bond acceptors (Lipinski definition) is 5. The molecular formula is C11H8FN5O. The molecule has 0 bridgehead atoms. The number of fused-ring (bicyclic) bond motifs is 1. The Bertz CT molecular complexity index is 667. The SMILES string of the molecule is Fc1ccc(OCc2cnc3nccn3n2)nc1. The number of imidazole rings is 1. The van der Waals surface area contributed by atoms with Crippen LogP contribution in [0.1, 0.15) is 5.69 Å². The van der Waals surface area contributed by atoms with Gasteiger partial charge in [-0.2, -0.15) is 5.10 Å². The van der Waals surface area contributed by atoms with Crippen molar-refractivity contribution in [3.8, 4) is 5.88 Å². The molecule has 3 rings (SSSR count). The van der Waals surface area contributed by atoms with Crippen molar-refractivity contribution in [3.05, 3.63) is 48.4 Å². The lowest BCUT2D eigenvalue weighted by Crippen LogP contribution is -2.04. The average molecular weight is 245 g/mol. The molecule has 6 nitrogen and oxygen atoms in total. The molecule has 0 N–H and O–H groups in total. The van der Waals surface area contributed by atoms with Gasteiger partial charge >= 0.3 is 0 Å². The van der Waals surface area contributed by atoms with E-state index in [0.717, 1.165) is 6.20 Å². The van der Waals surface area contributed by atoms with Gasteiger partial charge < -0.3 is 4.74 Å². The summed E-state index contributed by atoms with van der Waals surface area (Å²) in [5, 5.41) is 4.23. The van der Waals surface area contributed by atoms with E-state index in [4.69, 9.17) is 4.74 Å². The van der Waals surface area contributed by atoms with Crippen LogP contribution in [-0.4, -0.2) is 24.6 Å². The summed E-state index contributed by atoms with van der Waals surface area (Å²) in [7, 11) is 0. The fourth-order valence-corrected chi connectivity index (χ4v) is 1.42. The molecule has 0 spiro atoms. The van der Waals surface area contributed by atoms with Gasteiger partial charge in [0.05, 0.1) is 18.6 Å². The lowest BCUT2D eigenvalue weighted by atomic mass is 10.4. The molecule has 0 radical (unpaired) electrons. The number of rotatable bonds is 3. The van der Waals surface area contributed by atoms with Crippen LogP contribution in [0.3, 0.4) is 0 Å². The highest BCUT2D eigenvalue weighted by Crippen LogP contribution is 2.08. The molecule has 0 amide bonds. The van der Waals surface area contributed by atoms with E-state index >= 15 is 0 Å². The van der Waals surface area contributed by atoms with Gasteiger partial charge in [0.2, 0.25) is 5.88 Å². The molecule has 0 unspecified atom stereocenters. The first-order chi connectivity index (χ1) is 8.81. The number of halogens is 1. The predicted octanol–water partition coefficient (Wildman–Crippen LogP) is 1.24. The van der Waals surface area contributed by atoms with E-state index < -0.39 is 5.82 Å². The predicted molar refractivity (Wildman–Crippen MR) is 59.3 cm³/mol. The fourth-order valence-electron chi connectivity index (χ4n) is 1.42. The van der Waals surface area contributed by atoms with Crippen LogP contribution in [0.5, 0.6) is 5.88 Å². The van der Waals surface area contributed by atoms with Gasteiger partial charge in [0.15, 0.2) is 0 Å². The Morgan fingerprint density at radius 1 is 1.17 bits per heavy atom. The van der Waals surface area contributed by atoms with E-state index in [2.05, 4.69) is 20.1 Å². The number of pyridine rings is 1. The molecule has 0 saturated carbocycles. The van der Waals surface area contributed by atoms with Crippen molar-refractivity contribution in [2.24, 2.45) is 0 Å². The van der Waals surface area contributed by atoms with E-state index in [-0.39, 0.29) is 6.61 Å². The molecule has 0 atom stereocenters. The Kier molecular flexibility index (Phi) is 2.56. The first-order valence-corrected chi connectivity index (χ1v) is 5.21. The Morgan fingerprint density at radius 3 is 2.94 bits per heavy atom. The molecule has 7 heteroatoms. The van der Waals surface area contributed by atoms with Crippen LogP contribution in [0, 0.1) is 5.82 Å². The zero-order valence-corrected chi connectivity index (χ0v) is 9.19. The van der Waals surface area contributed by atoms with E-state index in [0.29, 0.717) is 17.4 Å². The fraction of sp³-hybridized carbons (Fsp3) is 0.0909. The summed E-state index contributed by atoms with van der Waals surface area (Å²) in [6.07, 6.45) is 5.98. The quantitative estimate of drug-likeness (QED) is 0.694. The van der Waals surface area contributed by atoms with Crippen LogP contribution in [-0.2, 0) is 6.61 Å². The minimum absolute atomic E-state index is 0.208. The lowest BCUT2D eigenvalue weighted by molar-refractivity contribution is 0.286. The maximum Gasteiger partial charge on any atom is 0.250 e. The largest absolute Gasteiger partial charge is 0.471 e. The van der Waals surface area contributed by atoms with Gasteiger partial charge in [-0.15, -0.1) is 0 Å². The average Bonchev–Trinajstić information content (AvgIpc) is 2.85. The van der Waals surface area contributed by atoms with Crippen LogP contribution < -0.4 is 4.74 Å². The summed E-state index contributed by atoms with van der Waals surface area (Å²) in [5.74, 6) is 0.463. The number of hydrogen-bond donors (Lipinski definition) is 0. The topological polar surface area (TPSA) is 65.2 Å². The van der Waals surface area contributed by atoms with Gasteiger partial charge in [-0.05, 0) is 6.07 Å². The molecule has 90 valence electrons. The van der Waals surface area contributed by atoms with E-state index in [1.165, 1.54) is 12.1 Å². The third-order valence-corrected chi connectivity index (χ3v) is 2.24. The third-order valence-electron chi connectivity index (χ3n) is 2.24. The molecule has 0 aliphatic carbocycles. The molecule has 0 aliphatic heterocycles. The summed E-state index contributed by atoms with van der Waals surface area (Å²) in [6, 6.07) is 2.74. The van der Waals surface area contributed by atoms with Crippen molar-refractivity contribution in [2.75, 3.05) is 0 Å². The minimum Gasteiger partial charge on any atom is -0.471 e. The second kappa shape index (κ2) is 4.36. The summed E-state index contributed by atoms with van der Waals surface area (Å²) in [6.45, 7) is 0.208. The molecule has 3 aromatic rings. The Hall–Kier alpha value is -2.57. The zero-order valence-electron chi connectivity index (χ0n) is 9.19. The minimum atomic E-state index is -0.401. The second-order valence-corrected chi connectivity index (χ2v) is 3.52. The van der Waals surface area contributed by atoms with Crippen molar-refractivity contribution in [2.45, 2.75) is 6.61 Å². The van der Waals surface area contributed by atoms with E-state index in [1.54, 1.807) is 23.1 Å². The van der Waals surface area contributed by atoms with Crippen LogP contribution in [0.25, 0.3) is 5.78 Å². The van der Waals surface area contributed by atoms with Crippen LogP contribution >= 0.6 is 0 Å². The Labute approximate surface area is 101 Å². The molecule has 0 saturated heterocycles. The molecule has 0 aliphatic rings. The first-order valence-electron chi connectivity index (χ1n) is 5.21. The molecule has 3 heterocycles. The summed E-state index contributed by atoms with van der Waals surface area (Å²) < 4.78 is 19.5. The molecule has 3 aromatic heterocycles. The van der Waals surface area contributed by atoms with Gasteiger partial charge in [0, 0.05) is 12.3 Å². The van der Waals surface area contributed by atoms with Gasteiger partial charge in [0.25, 0.3) is 5.78 Å². The highest BCUT2D eigenvalue weighted by molar-refractivity contribution is 5.24. The van der Waals surface area contributed by atoms with E-state index in [1.807, 2.05) is 0 Å². The van der Waals surface area contributed by atoms with Crippen molar-refractivity contribution in [1.29, 1.82) is 0 Å². The van der Waals surface area contributed by atoms with Gasteiger partial charge in [0.1, 0.15) is 18.1 Å². The van der Waals surface area contributed by atoms with Crippen LogP contribution in [0.4, 0.5) is 4.39 Å². The molecular weight excluding hydrogens is 237 g/mol.